The number of aliphatic hydroxyl groups is 1. The van der Waals surface area contributed by atoms with Crippen molar-refractivity contribution in [3.05, 3.63) is 91.0 Å². The average molecular weight is 392 g/mol. The number of unbranched alkanes of at least 4 members (excludes halogenated alkanes) is 5. The number of hydrogen-bond donors (Lipinski definition) is 1. The highest BCUT2D eigenvalue weighted by Gasteiger charge is 2.44. The normalized spacial score (nSPS) is 11.5. The highest BCUT2D eigenvalue weighted by atomic mass is 31.2. The van der Waals surface area contributed by atoms with Crippen LogP contribution in [0.25, 0.3) is 0 Å². The van der Waals surface area contributed by atoms with E-state index < -0.39 is 7.26 Å². The number of rotatable bonds is 11. The van der Waals surface area contributed by atoms with E-state index in [0.29, 0.717) is 6.61 Å². The van der Waals surface area contributed by atoms with Crippen LogP contribution in [-0.2, 0) is 0 Å². The Bertz CT molecular complexity index is 690. The second-order valence-corrected chi connectivity index (χ2v) is 11.0. The molecule has 0 unspecified atom stereocenters. The van der Waals surface area contributed by atoms with Crippen molar-refractivity contribution in [3.8, 4) is 0 Å². The van der Waals surface area contributed by atoms with Gasteiger partial charge in [-0.2, -0.15) is 0 Å². The van der Waals surface area contributed by atoms with Crippen molar-refractivity contribution in [1.29, 1.82) is 0 Å². The second-order valence-electron chi connectivity index (χ2n) is 7.38. The standard InChI is InChI=1S/C26H32OP/c27-22-14-3-1-2-4-15-23-28(24-16-8-5-9-17-24,25-18-10-6-11-19-25)26-20-12-7-13-21-26/h5-13,16-21,27H,1-4,14-15,22-23H2/q+1. The molecule has 3 rings (SSSR count). The molecule has 3 aromatic carbocycles. The summed E-state index contributed by atoms with van der Waals surface area (Å²) in [6, 6.07) is 33.4. The first kappa shape index (κ1) is 20.8. The minimum atomic E-state index is -1.65. The summed E-state index contributed by atoms with van der Waals surface area (Å²) in [6.45, 7) is 0.324. The largest absolute Gasteiger partial charge is 0.396 e. The first-order chi connectivity index (χ1) is 13.9. The van der Waals surface area contributed by atoms with Gasteiger partial charge in [-0.15, -0.1) is 0 Å². The molecule has 0 spiro atoms. The van der Waals surface area contributed by atoms with Gasteiger partial charge in [-0.1, -0.05) is 73.9 Å². The predicted molar refractivity (Wildman–Crippen MR) is 125 cm³/mol. The molecule has 0 fully saturated rings. The van der Waals surface area contributed by atoms with Crippen LogP contribution in [0.5, 0.6) is 0 Å². The molecule has 0 heterocycles. The van der Waals surface area contributed by atoms with E-state index in [1.807, 2.05) is 0 Å². The Kier molecular flexibility index (Phi) is 8.27. The minimum absolute atomic E-state index is 0.324. The van der Waals surface area contributed by atoms with Crippen LogP contribution in [-0.4, -0.2) is 17.9 Å². The summed E-state index contributed by atoms with van der Waals surface area (Å²) in [4.78, 5) is 0. The van der Waals surface area contributed by atoms with Gasteiger partial charge in [-0.3, -0.25) is 0 Å². The zero-order valence-corrected chi connectivity index (χ0v) is 17.6. The van der Waals surface area contributed by atoms with Crippen molar-refractivity contribution in [2.45, 2.75) is 38.5 Å². The zero-order chi connectivity index (χ0) is 19.5. The maximum absolute atomic E-state index is 8.96. The quantitative estimate of drug-likeness (QED) is 0.347. The molecule has 1 nitrogen and oxygen atoms in total. The van der Waals surface area contributed by atoms with Crippen molar-refractivity contribution in [3.63, 3.8) is 0 Å². The van der Waals surface area contributed by atoms with Crippen molar-refractivity contribution < 1.29 is 5.11 Å². The van der Waals surface area contributed by atoms with E-state index >= 15 is 0 Å². The summed E-state index contributed by atoms with van der Waals surface area (Å²) in [5, 5.41) is 13.4. The molecule has 0 atom stereocenters. The Hall–Kier alpha value is -1.95. The monoisotopic (exact) mass is 391 g/mol. The fraction of sp³-hybridized carbons (Fsp3) is 0.308. The van der Waals surface area contributed by atoms with E-state index in [9.17, 15) is 0 Å². The Balaban J connectivity index is 1.91. The van der Waals surface area contributed by atoms with Crippen LogP contribution >= 0.6 is 7.26 Å². The van der Waals surface area contributed by atoms with E-state index in [-0.39, 0.29) is 0 Å². The Labute approximate surface area is 170 Å². The molecular formula is C26H32OP+. The minimum Gasteiger partial charge on any atom is -0.396 e. The van der Waals surface area contributed by atoms with E-state index in [2.05, 4.69) is 91.0 Å². The van der Waals surface area contributed by atoms with Gasteiger partial charge in [0, 0.05) is 6.61 Å². The fourth-order valence-electron chi connectivity index (χ4n) is 4.05. The lowest BCUT2D eigenvalue weighted by Crippen LogP contribution is -2.33. The van der Waals surface area contributed by atoms with Crippen LogP contribution in [0.2, 0.25) is 0 Å². The third-order valence-corrected chi connectivity index (χ3v) is 10.0. The van der Waals surface area contributed by atoms with Gasteiger partial charge in [0.2, 0.25) is 0 Å². The smallest absolute Gasteiger partial charge is 0.112 e. The molecule has 0 saturated carbocycles. The van der Waals surface area contributed by atoms with Crippen molar-refractivity contribution in [2.24, 2.45) is 0 Å². The summed E-state index contributed by atoms with van der Waals surface area (Å²) in [7, 11) is -1.65. The SMILES string of the molecule is OCCCCCCCC[P+](c1ccccc1)(c1ccccc1)c1ccccc1. The third-order valence-electron chi connectivity index (χ3n) is 5.49. The summed E-state index contributed by atoms with van der Waals surface area (Å²) in [5.41, 5.74) is 0. The lowest BCUT2D eigenvalue weighted by Gasteiger charge is -2.27. The van der Waals surface area contributed by atoms with Crippen LogP contribution in [0.3, 0.4) is 0 Å². The maximum atomic E-state index is 8.96. The first-order valence-electron chi connectivity index (χ1n) is 10.5. The number of benzene rings is 3. The Morgan fingerprint density at radius 3 is 1.21 bits per heavy atom. The van der Waals surface area contributed by atoms with Crippen LogP contribution in [0.1, 0.15) is 38.5 Å². The predicted octanol–water partition coefficient (Wildman–Crippen LogP) is 5.31. The first-order valence-corrected chi connectivity index (χ1v) is 12.5. The third kappa shape index (κ3) is 5.10. The molecule has 0 amide bonds. The highest BCUT2D eigenvalue weighted by molar-refractivity contribution is 7.95. The van der Waals surface area contributed by atoms with Crippen LogP contribution in [0.15, 0.2) is 91.0 Å². The van der Waals surface area contributed by atoms with Gasteiger partial charge in [0.15, 0.2) is 0 Å². The van der Waals surface area contributed by atoms with E-state index in [0.717, 1.165) is 12.8 Å². The van der Waals surface area contributed by atoms with Crippen LogP contribution in [0, 0.1) is 0 Å². The van der Waals surface area contributed by atoms with Gasteiger partial charge in [0.25, 0.3) is 0 Å². The molecule has 0 aliphatic carbocycles. The van der Waals surface area contributed by atoms with E-state index in [1.165, 1.54) is 47.8 Å². The molecule has 0 radical (unpaired) electrons. The summed E-state index contributed by atoms with van der Waals surface area (Å²) in [6.07, 6.45) is 8.30. The van der Waals surface area contributed by atoms with Gasteiger partial charge in [-0.25, -0.2) is 0 Å². The molecule has 0 aromatic heterocycles. The molecule has 0 aliphatic heterocycles. The van der Waals surface area contributed by atoms with Crippen molar-refractivity contribution >= 4 is 23.2 Å². The maximum Gasteiger partial charge on any atom is 0.112 e. The van der Waals surface area contributed by atoms with Gasteiger partial charge in [0.05, 0.1) is 6.16 Å². The van der Waals surface area contributed by atoms with Gasteiger partial charge in [0.1, 0.15) is 23.2 Å². The molecule has 28 heavy (non-hydrogen) atoms. The number of hydrogen-bond acceptors (Lipinski definition) is 1. The van der Waals surface area contributed by atoms with E-state index in [4.69, 9.17) is 5.11 Å². The molecule has 1 N–H and O–H groups in total. The van der Waals surface area contributed by atoms with Gasteiger partial charge in [-0.05, 0) is 55.7 Å². The zero-order valence-electron chi connectivity index (χ0n) is 16.7. The summed E-state index contributed by atoms with van der Waals surface area (Å²) >= 11 is 0. The second kappa shape index (κ2) is 11.1. The summed E-state index contributed by atoms with van der Waals surface area (Å²) < 4.78 is 0. The van der Waals surface area contributed by atoms with Crippen LogP contribution in [0.4, 0.5) is 0 Å². The van der Waals surface area contributed by atoms with Gasteiger partial charge < -0.3 is 5.11 Å². The molecule has 146 valence electrons. The lowest BCUT2D eigenvalue weighted by atomic mass is 10.1. The fourth-order valence-corrected chi connectivity index (χ4v) is 8.46. The molecule has 2 heteroatoms. The van der Waals surface area contributed by atoms with Crippen molar-refractivity contribution in [2.75, 3.05) is 12.8 Å². The molecular weight excluding hydrogens is 359 g/mol. The topological polar surface area (TPSA) is 20.2 Å². The highest BCUT2D eigenvalue weighted by Crippen LogP contribution is 2.55. The van der Waals surface area contributed by atoms with Crippen LogP contribution < -0.4 is 15.9 Å². The average Bonchev–Trinajstić information content (AvgIpc) is 2.78. The van der Waals surface area contributed by atoms with E-state index in [1.54, 1.807) is 0 Å². The van der Waals surface area contributed by atoms with Gasteiger partial charge >= 0.3 is 0 Å². The lowest BCUT2D eigenvalue weighted by molar-refractivity contribution is 0.282. The molecule has 0 bridgehead atoms. The summed E-state index contributed by atoms with van der Waals surface area (Å²) in [5.74, 6) is 0. The molecule has 0 saturated heterocycles. The Morgan fingerprint density at radius 1 is 0.464 bits per heavy atom. The van der Waals surface area contributed by atoms with Crippen molar-refractivity contribution in [1.82, 2.24) is 0 Å². The molecule has 3 aromatic rings. The number of aliphatic hydroxyl groups excluding tert-OH is 1. The molecule has 0 aliphatic rings. The Morgan fingerprint density at radius 2 is 0.821 bits per heavy atom.